The van der Waals surface area contributed by atoms with Crippen LogP contribution in [0.15, 0.2) is 33.9 Å². The smallest absolute Gasteiger partial charge is 0.387 e. The third kappa shape index (κ3) is 6.83. The van der Waals surface area contributed by atoms with Crippen LogP contribution in [-0.4, -0.2) is 88.2 Å². The van der Waals surface area contributed by atoms with E-state index in [1.807, 2.05) is 0 Å². The Hall–Kier alpha value is -1.48. The molecule has 1 spiro atoms. The molecule has 4 saturated carbocycles. The molecule has 4 aliphatic heterocycles. The fourth-order valence-electron chi connectivity index (χ4n) is 21.0. The molecule has 0 radical (unpaired) electrons. The average molecular weight is 993 g/mol. The molecule has 12 heteroatoms. The Bertz CT molecular complexity index is 2420. The van der Waals surface area contributed by atoms with Crippen LogP contribution in [0.3, 0.4) is 0 Å². The van der Waals surface area contributed by atoms with Crippen LogP contribution >= 0.6 is 0 Å². The van der Waals surface area contributed by atoms with Gasteiger partial charge in [-0.1, -0.05) is 96.3 Å². The van der Waals surface area contributed by atoms with E-state index in [-0.39, 0.29) is 63.7 Å². The van der Waals surface area contributed by atoms with Crippen LogP contribution in [0.2, 0.25) is 0 Å². The van der Waals surface area contributed by atoms with Gasteiger partial charge in [0.25, 0.3) is 0 Å². The minimum atomic E-state index is -4.81. The Morgan fingerprint density at radius 3 is 2.16 bits per heavy atom. The van der Waals surface area contributed by atoms with Gasteiger partial charge < -0.3 is 29.5 Å². The lowest BCUT2D eigenvalue weighted by Gasteiger charge is -2.65. The van der Waals surface area contributed by atoms with Crippen LogP contribution in [0.5, 0.6) is 0 Å². The van der Waals surface area contributed by atoms with Gasteiger partial charge in [-0.2, -0.15) is 8.42 Å². The van der Waals surface area contributed by atoms with Gasteiger partial charge in [0.2, 0.25) is 5.79 Å². The molecule has 4 N–H and O–H groups in total. The van der Waals surface area contributed by atoms with Crippen LogP contribution in [0.4, 0.5) is 0 Å². The van der Waals surface area contributed by atoms with Crippen molar-refractivity contribution < 1.29 is 51.5 Å². The van der Waals surface area contributed by atoms with Crippen molar-refractivity contribution in [1.29, 1.82) is 0 Å². The number of aliphatic hydroxyl groups is 3. The molecule has 392 valence electrons. The molecule has 8 fully saturated rings. The summed E-state index contributed by atoms with van der Waals surface area (Å²) in [5.41, 5.74) is 3.76. The summed E-state index contributed by atoms with van der Waals surface area (Å²) in [6, 6.07) is 0. The number of allylic oxidation sites excluding steroid dienone is 3. The van der Waals surface area contributed by atoms with E-state index in [9.17, 15) is 33.1 Å². The Balaban J connectivity index is 0.823. The Kier molecular flexibility index (Phi) is 11.4. The molecule has 12 aliphatic rings. The molecule has 4 heterocycles. The fraction of sp³-hybridized carbons (Fsp3) is 0.879. The lowest BCUT2D eigenvalue weighted by Crippen LogP contribution is -2.70. The van der Waals surface area contributed by atoms with E-state index >= 15 is 0 Å². The van der Waals surface area contributed by atoms with E-state index in [4.69, 9.17) is 18.4 Å². The van der Waals surface area contributed by atoms with Crippen molar-refractivity contribution in [3.63, 3.8) is 0 Å². The first-order chi connectivity index (χ1) is 32.4. The zero-order valence-electron chi connectivity index (χ0n) is 44.7. The highest BCUT2D eigenvalue weighted by Crippen LogP contribution is 2.72. The van der Waals surface area contributed by atoms with Crippen molar-refractivity contribution in [1.82, 2.24) is 0 Å². The predicted octanol–water partition coefficient (Wildman–Crippen LogP) is 10.4. The molecule has 0 aromatic heterocycles. The van der Waals surface area contributed by atoms with Crippen molar-refractivity contribution in [2.24, 2.45) is 79.8 Å². The van der Waals surface area contributed by atoms with Gasteiger partial charge in [0.05, 0.1) is 36.1 Å². The first-order valence-corrected chi connectivity index (χ1v) is 29.2. The first-order valence-electron chi connectivity index (χ1n) is 27.8. The van der Waals surface area contributed by atoms with E-state index in [0.29, 0.717) is 49.0 Å². The van der Waals surface area contributed by atoms with Crippen LogP contribution in [0.25, 0.3) is 0 Å². The second-order valence-electron chi connectivity index (χ2n) is 28.4. The van der Waals surface area contributed by atoms with Crippen molar-refractivity contribution in [2.45, 2.75) is 233 Å². The van der Waals surface area contributed by atoms with E-state index in [2.05, 4.69) is 75.3 Å². The van der Waals surface area contributed by atoms with Crippen LogP contribution in [-0.2, 0) is 33.6 Å². The number of Topliss-reactive ketones (excluding diaryl/α,β-unsaturated/α-hetero) is 1. The van der Waals surface area contributed by atoms with Gasteiger partial charge in [-0.05, 0) is 181 Å². The van der Waals surface area contributed by atoms with Gasteiger partial charge in [-0.25, -0.2) is 4.18 Å². The zero-order chi connectivity index (χ0) is 50.5. The van der Waals surface area contributed by atoms with E-state index in [0.717, 1.165) is 70.6 Å². The maximum atomic E-state index is 13.5. The van der Waals surface area contributed by atoms with Crippen molar-refractivity contribution in [2.75, 3.05) is 6.61 Å². The number of aliphatic hydroxyl groups excluding tert-OH is 2. The second-order valence-corrected chi connectivity index (χ2v) is 29.5. The number of carbonyl (C=O) groups is 1. The van der Waals surface area contributed by atoms with E-state index < -0.39 is 56.7 Å². The molecule has 0 aromatic carbocycles. The molecule has 4 bridgehead atoms. The normalized spacial score (nSPS) is 50.5. The number of rotatable bonds is 8. The van der Waals surface area contributed by atoms with Crippen LogP contribution in [0.1, 0.15) is 186 Å². The van der Waals surface area contributed by atoms with Crippen molar-refractivity contribution in [3.05, 3.63) is 33.9 Å². The van der Waals surface area contributed by atoms with E-state index in [1.165, 1.54) is 35.1 Å². The summed E-state index contributed by atoms with van der Waals surface area (Å²) in [4.78, 5) is 13.5. The minimum Gasteiger partial charge on any atom is -0.387 e. The van der Waals surface area contributed by atoms with Gasteiger partial charge >= 0.3 is 10.4 Å². The van der Waals surface area contributed by atoms with E-state index in [1.54, 1.807) is 19.4 Å². The molecular formula is C58H88O11S. The monoisotopic (exact) mass is 993 g/mol. The number of hydrogen-bond acceptors (Lipinski definition) is 10. The summed E-state index contributed by atoms with van der Waals surface area (Å²) in [6.07, 6.45) is 14.0. The maximum absolute atomic E-state index is 13.5. The molecule has 8 aliphatic carbocycles. The van der Waals surface area contributed by atoms with Gasteiger partial charge in [0.1, 0.15) is 12.2 Å². The number of ketones is 1. The van der Waals surface area contributed by atoms with Gasteiger partial charge in [-0.15, -0.1) is 0 Å². The van der Waals surface area contributed by atoms with Crippen molar-refractivity contribution >= 4 is 16.2 Å². The molecule has 70 heavy (non-hydrogen) atoms. The Morgan fingerprint density at radius 2 is 1.49 bits per heavy atom. The predicted molar refractivity (Wildman–Crippen MR) is 266 cm³/mol. The molecule has 4 saturated heterocycles. The van der Waals surface area contributed by atoms with Crippen molar-refractivity contribution in [3.8, 4) is 0 Å². The Morgan fingerprint density at radius 1 is 0.843 bits per heavy atom. The average Bonchev–Trinajstić information content (AvgIpc) is 3.83. The van der Waals surface area contributed by atoms with Crippen LogP contribution in [0, 0.1) is 79.8 Å². The molecule has 0 aromatic rings. The van der Waals surface area contributed by atoms with Crippen LogP contribution < -0.4 is 0 Å². The molecule has 11 nitrogen and oxygen atoms in total. The van der Waals surface area contributed by atoms with Gasteiger partial charge in [0, 0.05) is 22.2 Å². The molecule has 19 unspecified atom stereocenters. The maximum Gasteiger partial charge on any atom is 0.397 e. The lowest BCUT2D eigenvalue weighted by atomic mass is 9.45. The summed E-state index contributed by atoms with van der Waals surface area (Å²) in [6.45, 7) is 27.2. The second kappa shape index (κ2) is 15.8. The summed E-state index contributed by atoms with van der Waals surface area (Å²) < 4.78 is 61.6. The third-order valence-electron chi connectivity index (χ3n) is 24.2. The fourth-order valence-corrected chi connectivity index (χ4v) is 21.5. The summed E-state index contributed by atoms with van der Waals surface area (Å²) in [5.74, 6) is 0.535. The minimum absolute atomic E-state index is 0.0325. The summed E-state index contributed by atoms with van der Waals surface area (Å²) >= 11 is 0. The number of carbonyl (C=O) groups excluding carboxylic acids is 1. The standard InChI is InChI=1S/C58H88O11S/c1-31(36-15-17-38-34-14-19-45-51(5,6)58(62)46(60)29-57(45,30-66-58)41(34)22-24-53(36,38)9)13-20-47-56(12)27-33(52(7,8)69-56)25-43(67-47)32(2)37-16-18-39-35-26-44(68-70(63,64)65)48-50(3,4)49(61)42(59)28-55(48,11)40(35)21-23-54(37,39)10/h19,31-33,36-39,42-44,46-48,59-60,62H,13-18,20-30H2,1-12H3,(H,63,64,65). The summed E-state index contributed by atoms with van der Waals surface area (Å²) in [7, 11) is -4.81. The number of hydrogen-bond donors (Lipinski definition) is 4. The zero-order valence-corrected chi connectivity index (χ0v) is 45.5. The highest BCUT2D eigenvalue weighted by molar-refractivity contribution is 7.80. The number of ether oxygens (including phenoxy) is 3. The largest absolute Gasteiger partial charge is 0.397 e. The molecule has 0 amide bonds. The Labute approximate surface area is 419 Å². The number of fused-ring (bicyclic) bond motifs is 10. The molecule has 12 rings (SSSR count). The molecular weight excluding hydrogens is 905 g/mol. The lowest BCUT2D eigenvalue weighted by molar-refractivity contribution is -0.359. The topological polar surface area (TPSA) is 169 Å². The van der Waals surface area contributed by atoms with Gasteiger partial charge in [-0.3, -0.25) is 9.35 Å². The summed E-state index contributed by atoms with van der Waals surface area (Å²) in [5, 5.41) is 34.2. The highest BCUT2D eigenvalue weighted by Gasteiger charge is 2.70. The molecule has 19 atom stereocenters. The van der Waals surface area contributed by atoms with Gasteiger partial charge in [0.15, 0.2) is 5.78 Å². The first kappa shape index (κ1) is 50.7. The quantitative estimate of drug-likeness (QED) is 0.135. The highest BCUT2D eigenvalue weighted by atomic mass is 32.3. The third-order valence-corrected chi connectivity index (χ3v) is 24.7. The SMILES string of the molecule is CC(CCC1OC(C(C)C2CCC3C4=C(CCC32C)C2(C)CC(O)C(=O)C(C)(C)C2C(OS(=O)(=O)O)C4)CC2CC1(C)OC2(C)C)C1CCC2C3=C(CCC21C)C12COC(O)(C(O)C1)C(C)(C)C2=CC3.